The number of phenols is 1. The van der Waals surface area contributed by atoms with Crippen molar-refractivity contribution in [2.45, 2.75) is 13.0 Å². The van der Waals surface area contributed by atoms with Crippen LogP contribution in [0.5, 0.6) is 11.5 Å². The van der Waals surface area contributed by atoms with E-state index in [0.29, 0.717) is 22.6 Å². The summed E-state index contributed by atoms with van der Waals surface area (Å²) in [5.74, 6) is -0.899. The molecule has 3 rings (SSSR count). The molecule has 2 N–H and O–H groups in total. The van der Waals surface area contributed by atoms with Crippen LogP contribution in [0.1, 0.15) is 27.6 Å². The summed E-state index contributed by atoms with van der Waals surface area (Å²) in [6.07, 6.45) is -1.20. The van der Waals surface area contributed by atoms with Crippen molar-refractivity contribution in [2.75, 3.05) is 12.4 Å². The molecular weight excluding hydrogens is 370 g/mol. The molecule has 0 aromatic heterocycles. The lowest BCUT2D eigenvalue weighted by molar-refractivity contribution is -0.125. The molecule has 3 aromatic rings. The van der Waals surface area contributed by atoms with Gasteiger partial charge >= 0.3 is 5.97 Å². The lowest BCUT2D eigenvalue weighted by Gasteiger charge is -2.19. The first-order chi connectivity index (χ1) is 14.0. The number of methoxy groups -OCH3 is 1. The zero-order valence-corrected chi connectivity index (χ0v) is 16.1. The van der Waals surface area contributed by atoms with Crippen molar-refractivity contribution in [1.82, 2.24) is 0 Å². The number of aromatic hydroxyl groups is 1. The van der Waals surface area contributed by atoms with Gasteiger partial charge in [-0.3, -0.25) is 4.79 Å². The van der Waals surface area contributed by atoms with E-state index in [4.69, 9.17) is 9.47 Å². The number of ether oxygens (including phenoxy) is 2. The van der Waals surface area contributed by atoms with Crippen molar-refractivity contribution in [3.63, 3.8) is 0 Å². The summed E-state index contributed by atoms with van der Waals surface area (Å²) < 4.78 is 10.7. The number of nitrogens with one attached hydrogen (secondary N) is 1. The molecule has 29 heavy (non-hydrogen) atoms. The minimum atomic E-state index is -1.20. The molecule has 6 nitrogen and oxygen atoms in total. The van der Waals surface area contributed by atoms with Crippen molar-refractivity contribution in [3.8, 4) is 11.5 Å². The van der Waals surface area contributed by atoms with E-state index in [2.05, 4.69) is 5.32 Å². The van der Waals surface area contributed by atoms with Crippen LogP contribution >= 0.6 is 0 Å². The minimum absolute atomic E-state index is 0.000103. The number of amides is 1. The van der Waals surface area contributed by atoms with E-state index in [1.807, 2.05) is 0 Å². The van der Waals surface area contributed by atoms with Crippen molar-refractivity contribution < 1.29 is 24.2 Å². The Hall–Kier alpha value is -3.80. The molecule has 1 amide bonds. The van der Waals surface area contributed by atoms with Crippen LogP contribution in [0.3, 0.4) is 0 Å². The number of hydrogen-bond donors (Lipinski definition) is 2. The summed E-state index contributed by atoms with van der Waals surface area (Å²) in [7, 11) is 1.53. The number of carbonyl (C=O) groups excluding carboxylic acids is 2. The first kappa shape index (κ1) is 19.9. The number of para-hydroxylation sites is 1. The van der Waals surface area contributed by atoms with Crippen LogP contribution < -0.4 is 10.1 Å². The van der Waals surface area contributed by atoms with Crippen LogP contribution in [0.2, 0.25) is 0 Å². The number of phenolic OH excluding ortho intramolecular Hbond substituents is 1. The molecule has 0 aliphatic carbocycles. The molecule has 0 spiro atoms. The highest BCUT2D eigenvalue weighted by molar-refractivity contribution is 5.99. The Labute approximate surface area is 168 Å². The normalized spacial score (nSPS) is 11.4. The molecule has 0 fully saturated rings. The quantitative estimate of drug-likeness (QED) is 0.614. The average molecular weight is 391 g/mol. The highest BCUT2D eigenvalue weighted by Gasteiger charge is 2.27. The molecule has 148 valence electrons. The lowest BCUT2D eigenvalue weighted by atomic mass is 10.1. The summed E-state index contributed by atoms with van der Waals surface area (Å²) in [5, 5.41) is 12.9. The van der Waals surface area contributed by atoms with Crippen molar-refractivity contribution in [2.24, 2.45) is 0 Å². The minimum Gasteiger partial charge on any atom is -0.507 e. The number of carbonyl (C=O) groups is 2. The molecule has 0 saturated carbocycles. The Morgan fingerprint density at radius 3 is 2.41 bits per heavy atom. The first-order valence-corrected chi connectivity index (χ1v) is 8.99. The van der Waals surface area contributed by atoms with Crippen LogP contribution in [0.25, 0.3) is 0 Å². The zero-order valence-electron chi connectivity index (χ0n) is 16.1. The van der Waals surface area contributed by atoms with Gasteiger partial charge in [0.1, 0.15) is 17.1 Å². The maximum atomic E-state index is 12.9. The van der Waals surface area contributed by atoms with Gasteiger partial charge in [-0.1, -0.05) is 48.5 Å². The van der Waals surface area contributed by atoms with E-state index in [0.717, 1.165) is 0 Å². The lowest BCUT2D eigenvalue weighted by Crippen LogP contribution is -2.26. The highest BCUT2D eigenvalue weighted by Crippen LogP contribution is 2.27. The second-order valence-corrected chi connectivity index (χ2v) is 6.39. The van der Waals surface area contributed by atoms with Gasteiger partial charge in [0.15, 0.2) is 0 Å². The van der Waals surface area contributed by atoms with E-state index in [9.17, 15) is 14.7 Å². The van der Waals surface area contributed by atoms with Gasteiger partial charge in [-0.05, 0) is 30.7 Å². The van der Waals surface area contributed by atoms with E-state index in [1.165, 1.54) is 13.2 Å². The van der Waals surface area contributed by atoms with Gasteiger partial charge in [0.25, 0.3) is 5.91 Å². The smallest absolute Gasteiger partial charge is 0.343 e. The molecule has 0 saturated heterocycles. The fraction of sp³-hybridized carbons (Fsp3) is 0.130. The van der Waals surface area contributed by atoms with E-state index in [-0.39, 0.29) is 11.3 Å². The molecular formula is C23H21NO5. The molecule has 0 radical (unpaired) electrons. The van der Waals surface area contributed by atoms with E-state index < -0.39 is 18.0 Å². The Morgan fingerprint density at radius 1 is 0.966 bits per heavy atom. The highest BCUT2D eigenvalue weighted by atomic mass is 16.5. The maximum Gasteiger partial charge on any atom is 0.343 e. The van der Waals surface area contributed by atoms with E-state index in [1.54, 1.807) is 73.7 Å². The van der Waals surface area contributed by atoms with Gasteiger partial charge in [0.2, 0.25) is 6.10 Å². The molecule has 1 atom stereocenters. The van der Waals surface area contributed by atoms with Crippen molar-refractivity contribution >= 4 is 17.6 Å². The predicted molar refractivity (Wildman–Crippen MR) is 109 cm³/mol. The Morgan fingerprint density at radius 2 is 1.69 bits per heavy atom. The topological polar surface area (TPSA) is 84.9 Å². The molecule has 6 heteroatoms. The average Bonchev–Trinajstić information content (AvgIpc) is 2.74. The van der Waals surface area contributed by atoms with Gasteiger partial charge in [0.05, 0.1) is 7.11 Å². The number of aryl methyl sites for hydroxylation is 1. The van der Waals surface area contributed by atoms with Gasteiger partial charge < -0.3 is 19.9 Å². The van der Waals surface area contributed by atoms with Crippen LogP contribution in [-0.2, 0) is 9.53 Å². The van der Waals surface area contributed by atoms with Crippen molar-refractivity contribution in [3.05, 3.63) is 89.5 Å². The SMILES string of the molecule is COc1cccc(NC(=O)C(OC(=O)c2cccc(C)c2O)c2ccccc2)c1. The Bertz CT molecular complexity index is 1020. The second kappa shape index (κ2) is 8.93. The predicted octanol–water partition coefficient (Wildman–Crippen LogP) is 4.25. The molecule has 0 aliphatic rings. The zero-order chi connectivity index (χ0) is 20.8. The van der Waals surface area contributed by atoms with Crippen LogP contribution in [0, 0.1) is 6.92 Å². The third-order valence-electron chi connectivity index (χ3n) is 4.36. The van der Waals surface area contributed by atoms with Gasteiger partial charge in [-0.25, -0.2) is 4.79 Å². The third kappa shape index (κ3) is 4.73. The number of rotatable bonds is 6. The van der Waals surface area contributed by atoms with Gasteiger partial charge in [-0.2, -0.15) is 0 Å². The molecule has 0 heterocycles. The standard InChI is InChI=1S/C23H21NO5/c1-15-8-6-13-19(20(15)25)23(27)29-21(16-9-4-3-5-10-16)22(26)24-17-11-7-12-18(14-17)28-2/h3-14,21,25H,1-2H3,(H,24,26). The summed E-state index contributed by atoms with van der Waals surface area (Å²) in [5.41, 5.74) is 1.55. The summed E-state index contributed by atoms with van der Waals surface area (Å²) in [6, 6.07) is 20.3. The fourth-order valence-electron chi connectivity index (χ4n) is 2.80. The second-order valence-electron chi connectivity index (χ2n) is 6.39. The number of anilines is 1. The van der Waals surface area contributed by atoms with Crippen molar-refractivity contribution in [1.29, 1.82) is 0 Å². The summed E-state index contributed by atoms with van der Waals surface area (Å²) in [4.78, 5) is 25.6. The summed E-state index contributed by atoms with van der Waals surface area (Å²) in [6.45, 7) is 1.68. The monoisotopic (exact) mass is 391 g/mol. The van der Waals surface area contributed by atoms with Gasteiger partial charge in [0, 0.05) is 17.3 Å². The molecule has 1 unspecified atom stereocenters. The van der Waals surface area contributed by atoms with E-state index >= 15 is 0 Å². The number of esters is 1. The first-order valence-electron chi connectivity index (χ1n) is 8.99. The maximum absolute atomic E-state index is 12.9. The number of benzene rings is 3. The summed E-state index contributed by atoms with van der Waals surface area (Å²) >= 11 is 0. The third-order valence-corrected chi connectivity index (χ3v) is 4.36. The molecule has 0 aliphatic heterocycles. The van der Waals surface area contributed by atoms with Crippen LogP contribution in [0.4, 0.5) is 5.69 Å². The Balaban J connectivity index is 1.87. The molecule has 0 bridgehead atoms. The van der Waals surface area contributed by atoms with Gasteiger partial charge in [-0.15, -0.1) is 0 Å². The largest absolute Gasteiger partial charge is 0.507 e. The van der Waals surface area contributed by atoms with Crippen LogP contribution in [-0.4, -0.2) is 24.1 Å². The van der Waals surface area contributed by atoms with Crippen LogP contribution in [0.15, 0.2) is 72.8 Å². The number of hydrogen-bond acceptors (Lipinski definition) is 5. The Kier molecular flexibility index (Phi) is 6.14. The fourth-order valence-corrected chi connectivity index (χ4v) is 2.80. The molecule has 3 aromatic carbocycles.